The second kappa shape index (κ2) is 13.4. The van der Waals surface area contributed by atoms with Crippen LogP contribution in [0.4, 0.5) is 0 Å². The Morgan fingerprint density at radius 1 is 0.333 bits per heavy atom. The van der Waals surface area contributed by atoms with Gasteiger partial charge in [0.25, 0.3) is 0 Å². The molecule has 7 aromatic carbocycles. The molecular formula is C48H50. The van der Waals surface area contributed by atoms with Gasteiger partial charge in [-0.3, -0.25) is 0 Å². The minimum Gasteiger partial charge on any atom is -0.0619 e. The van der Waals surface area contributed by atoms with Crippen molar-refractivity contribution in [2.24, 2.45) is 10.8 Å². The molecule has 0 nitrogen and oxygen atoms in total. The zero-order chi connectivity index (χ0) is 34.1. The molecule has 2 aliphatic rings. The van der Waals surface area contributed by atoms with Gasteiger partial charge in [0.15, 0.2) is 0 Å². The standard InChI is InChI=1S/C21H14.C17H12.2C5H12/c1-2-8-15-14(7-1)13-20-18-11-4-3-9-16(18)17-10-5-6-12-19(17)21(15)20;1-3-7-14-12(5-1)9-10-16-15-8-4-2-6-13(15)11-17(14)16;2*1-5(2,3)4/h1-12H,13H2;1-10H,11H2;2*1-4H3. The Hall–Kier alpha value is -4.68. The van der Waals surface area contributed by atoms with Gasteiger partial charge in [-0.1, -0.05) is 189 Å². The maximum atomic E-state index is 2.27. The molecular weight excluding hydrogens is 577 g/mol. The molecule has 2 aliphatic carbocycles. The summed E-state index contributed by atoms with van der Waals surface area (Å²) in [5.74, 6) is 0. The number of rotatable bonds is 0. The summed E-state index contributed by atoms with van der Waals surface area (Å²) in [5.41, 5.74) is 12.6. The van der Waals surface area contributed by atoms with Crippen LogP contribution in [0, 0.1) is 10.8 Å². The average molecular weight is 627 g/mol. The number of hydrogen-bond acceptors (Lipinski definition) is 0. The van der Waals surface area contributed by atoms with Gasteiger partial charge in [-0.2, -0.15) is 0 Å². The first-order valence-electron chi connectivity index (χ1n) is 17.5. The molecule has 0 radical (unpaired) electrons. The van der Waals surface area contributed by atoms with Crippen molar-refractivity contribution in [1.82, 2.24) is 0 Å². The zero-order valence-electron chi connectivity index (χ0n) is 30.1. The lowest BCUT2D eigenvalue weighted by molar-refractivity contribution is 0.469. The summed E-state index contributed by atoms with van der Waals surface area (Å²) in [7, 11) is 0. The summed E-state index contributed by atoms with van der Waals surface area (Å²) < 4.78 is 0. The van der Waals surface area contributed by atoms with Crippen molar-refractivity contribution in [3.8, 4) is 22.3 Å². The van der Waals surface area contributed by atoms with Gasteiger partial charge in [0.2, 0.25) is 0 Å². The van der Waals surface area contributed by atoms with Gasteiger partial charge in [-0.15, -0.1) is 0 Å². The van der Waals surface area contributed by atoms with E-state index in [2.05, 4.69) is 189 Å². The maximum Gasteiger partial charge on any atom is -0.000705 e. The molecule has 0 aliphatic heterocycles. The highest BCUT2D eigenvalue weighted by atomic mass is 14.3. The van der Waals surface area contributed by atoms with Crippen LogP contribution in [0.5, 0.6) is 0 Å². The minimum absolute atomic E-state index is 0.500. The van der Waals surface area contributed by atoms with Crippen LogP contribution in [-0.2, 0) is 12.8 Å². The van der Waals surface area contributed by atoms with Crippen LogP contribution in [-0.4, -0.2) is 0 Å². The largest absolute Gasteiger partial charge is 0.0619 e. The Labute approximate surface area is 288 Å². The van der Waals surface area contributed by atoms with Crippen molar-refractivity contribution in [3.05, 3.63) is 156 Å². The van der Waals surface area contributed by atoms with E-state index in [4.69, 9.17) is 0 Å². The molecule has 0 heterocycles. The Morgan fingerprint density at radius 3 is 1.38 bits per heavy atom. The summed E-state index contributed by atoms with van der Waals surface area (Å²) in [5, 5.41) is 8.28. The van der Waals surface area contributed by atoms with E-state index < -0.39 is 0 Å². The average Bonchev–Trinajstić information content (AvgIpc) is 3.63. The Morgan fingerprint density at radius 2 is 0.750 bits per heavy atom. The summed E-state index contributed by atoms with van der Waals surface area (Å²) in [6.45, 7) is 17.5. The molecule has 9 rings (SSSR count). The van der Waals surface area contributed by atoms with Crippen molar-refractivity contribution < 1.29 is 0 Å². The third-order valence-corrected chi connectivity index (χ3v) is 8.41. The normalized spacial score (nSPS) is 12.4. The highest BCUT2D eigenvalue weighted by Crippen LogP contribution is 2.45. The number of fused-ring (bicyclic) bond motifs is 13. The van der Waals surface area contributed by atoms with Crippen LogP contribution in [0.1, 0.15) is 77.6 Å². The van der Waals surface area contributed by atoms with Gasteiger partial charge in [-0.05, 0) is 100 Å². The van der Waals surface area contributed by atoms with Crippen LogP contribution in [0.2, 0.25) is 0 Å². The van der Waals surface area contributed by atoms with Gasteiger partial charge in [-0.25, -0.2) is 0 Å². The molecule has 0 N–H and O–H groups in total. The Balaban J connectivity index is 0.000000133. The van der Waals surface area contributed by atoms with Crippen LogP contribution < -0.4 is 0 Å². The van der Waals surface area contributed by atoms with Gasteiger partial charge < -0.3 is 0 Å². The first kappa shape index (κ1) is 33.2. The van der Waals surface area contributed by atoms with E-state index >= 15 is 0 Å². The monoisotopic (exact) mass is 626 g/mol. The lowest BCUT2D eigenvalue weighted by Gasteiger charge is -2.12. The lowest BCUT2D eigenvalue weighted by Crippen LogP contribution is -1.93. The fourth-order valence-electron chi connectivity index (χ4n) is 6.72. The lowest BCUT2D eigenvalue weighted by atomic mass is 9.92. The predicted octanol–water partition coefficient (Wildman–Crippen LogP) is 14.1. The Kier molecular flexibility index (Phi) is 9.30. The minimum atomic E-state index is 0.500. The van der Waals surface area contributed by atoms with Crippen LogP contribution in [0.3, 0.4) is 0 Å². The van der Waals surface area contributed by atoms with Crippen molar-refractivity contribution in [2.45, 2.75) is 68.2 Å². The summed E-state index contributed by atoms with van der Waals surface area (Å²) in [6.07, 6.45) is 2.13. The summed E-state index contributed by atoms with van der Waals surface area (Å²) in [6, 6.07) is 48.4. The first-order chi connectivity index (χ1) is 22.9. The fourth-order valence-corrected chi connectivity index (χ4v) is 6.72. The van der Waals surface area contributed by atoms with Crippen LogP contribution in [0.25, 0.3) is 54.6 Å². The van der Waals surface area contributed by atoms with Gasteiger partial charge in [0.1, 0.15) is 0 Å². The van der Waals surface area contributed by atoms with E-state index in [1.165, 1.54) is 76.8 Å². The van der Waals surface area contributed by atoms with Crippen molar-refractivity contribution >= 4 is 32.3 Å². The highest BCUT2D eigenvalue weighted by Gasteiger charge is 2.23. The number of benzene rings is 7. The molecule has 0 saturated carbocycles. The fraction of sp³-hybridized carbons (Fsp3) is 0.250. The smallest absolute Gasteiger partial charge is 0.000705 e. The van der Waals surface area contributed by atoms with E-state index in [1.807, 2.05) is 0 Å². The first-order valence-corrected chi connectivity index (χ1v) is 17.5. The van der Waals surface area contributed by atoms with Gasteiger partial charge >= 0.3 is 0 Å². The second-order valence-corrected chi connectivity index (χ2v) is 16.4. The molecule has 0 aromatic heterocycles. The van der Waals surface area contributed by atoms with Gasteiger partial charge in [0.05, 0.1) is 0 Å². The molecule has 0 atom stereocenters. The molecule has 0 spiro atoms. The van der Waals surface area contributed by atoms with E-state index in [0.717, 1.165) is 12.8 Å². The molecule has 242 valence electrons. The van der Waals surface area contributed by atoms with Crippen LogP contribution >= 0.6 is 0 Å². The topological polar surface area (TPSA) is 0 Å². The molecule has 0 fully saturated rings. The maximum absolute atomic E-state index is 2.27. The SMILES string of the molecule is CC(C)(C)C.CC(C)(C)C.c1ccc2c(c1)Cc1c-2c2ccccc2c2ccccc12.c1ccc2c(c1)Cc1c-2ccc2ccccc12. The third kappa shape index (κ3) is 7.39. The molecule has 0 amide bonds. The molecule has 0 heteroatoms. The zero-order valence-corrected chi connectivity index (χ0v) is 30.1. The van der Waals surface area contributed by atoms with Crippen molar-refractivity contribution in [3.63, 3.8) is 0 Å². The molecule has 48 heavy (non-hydrogen) atoms. The summed E-state index contributed by atoms with van der Waals surface area (Å²) in [4.78, 5) is 0. The predicted molar refractivity (Wildman–Crippen MR) is 212 cm³/mol. The van der Waals surface area contributed by atoms with Crippen molar-refractivity contribution in [2.75, 3.05) is 0 Å². The van der Waals surface area contributed by atoms with Crippen LogP contribution in [0.15, 0.2) is 133 Å². The third-order valence-electron chi connectivity index (χ3n) is 8.41. The Bertz CT molecular complexity index is 2190. The molecule has 7 aromatic rings. The second-order valence-electron chi connectivity index (χ2n) is 16.4. The summed E-state index contributed by atoms with van der Waals surface area (Å²) >= 11 is 0. The quantitative estimate of drug-likeness (QED) is 0.147. The van der Waals surface area contributed by atoms with E-state index in [1.54, 1.807) is 0 Å². The highest BCUT2D eigenvalue weighted by molar-refractivity contribution is 6.17. The molecule has 0 unspecified atom stereocenters. The van der Waals surface area contributed by atoms with E-state index in [-0.39, 0.29) is 0 Å². The molecule has 0 bridgehead atoms. The van der Waals surface area contributed by atoms with Gasteiger partial charge in [0, 0.05) is 0 Å². The van der Waals surface area contributed by atoms with E-state index in [9.17, 15) is 0 Å². The molecule has 0 saturated heterocycles. The van der Waals surface area contributed by atoms with Crippen molar-refractivity contribution in [1.29, 1.82) is 0 Å². The number of hydrogen-bond donors (Lipinski definition) is 0. The van der Waals surface area contributed by atoms with E-state index in [0.29, 0.717) is 10.8 Å².